The van der Waals surface area contributed by atoms with E-state index in [1.807, 2.05) is 24.6 Å². The molecule has 2 aliphatic heterocycles. The molecular weight excluding hydrogens is 296 g/mol. The van der Waals surface area contributed by atoms with Gasteiger partial charge in [-0.05, 0) is 31.0 Å². The zero-order chi connectivity index (χ0) is 15.2. The van der Waals surface area contributed by atoms with E-state index in [2.05, 4.69) is 28.6 Å². The molecule has 0 radical (unpaired) electrons. The van der Waals surface area contributed by atoms with Gasteiger partial charge in [0.15, 0.2) is 0 Å². The molecule has 4 rings (SSSR count). The molecule has 22 heavy (non-hydrogen) atoms. The zero-order valence-corrected chi connectivity index (χ0v) is 13.9. The van der Waals surface area contributed by atoms with Crippen molar-refractivity contribution in [3.8, 4) is 0 Å². The Balaban J connectivity index is 1.68. The van der Waals surface area contributed by atoms with Gasteiger partial charge in [0.1, 0.15) is 0 Å². The Morgan fingerprint density at radius 1 is 1.55 bits per heavy atom. The second kappa shape index (κ2) is 5.44. The highest BCUT2D eigenvalue weighted by Crippen LogP contribution is 2.46. The molecule has 0 bridgehead atoms. The van der Waals surface area contributed by atoms with Gasteiger partial charge < -0.3 is 10.1 Å². The average molecular weight is 318 g/mol. The van der Waals surface area contributed by atoms with Crippen molar-refractivity contribution in [2.45, 2.75) is 44.2 Å². The maximum Gasteiger partial charge on any atom is 0.0997 e. The van der Waals surface area contributed by atoms with Crippen LogP contribution in [0.5, 0.6) is 0 Å². The lowest BCUT2D eigenvalue weighted by Gasteiger charge is -2.43. The Hall–Kier alpha value is -1.24. The fourth-order valence-electron chi connectivity index (χ4n) is 3.71. The van der Waals surface area contributed by atoms with Crippen LogP contribution in [0.2, 0.25) is 0 Å². The number of aromatic nitrogens is 3. The number of hydrogen-bond acceptors (Lipinski definition) is 5. The van der Waals surface area contributed by atoms with Gasteiger partial charge in [0.25, 0.3) is 0 Å². The van der Waals surface area contributed by atoms with Crippen molar-refractivity contribution in [1.29, 1.82) is 0 Å². The zero-order valence-electron chi connectivity index (χ0n) is 13.1. The molecule has 2 atom stereocenters. The molecule has 1 saturated heterocycles. The number of nitrogens with one attached hydrogen (secondary N) is 1. The summed E-state index contributed by atoms with van der Waals surface area (Å²) in [5.74, 6) is 0. The van der Waals surface area contributed by atoms with Crippen molar-refractivity contribution < 1.29 is 4.74 Å². The molecule has 2 unspecified atom stereocenters. The highest BCUT2D eigenvalue weighted by molar-refractivity contribution is 7.12. The van der Waals surface area contributed by atoms with E-state index in [1.165, 1.54) is 15.3 Å². The smallest absolute Gasteiger partial charge is 0.0997 e. The van der Waals surface area contributed by atoms with Crippen LogP contribution >= 0.6 is 11.3 Å². The maximum atomic E-state index is 6.36. The van der Waals surface area contributed by atoms with Crippen LogP contribution in [0.1, 0.15) is 46.8 Å². The van der Waals surface area contributed by atoms with Crippen LogP contribution in [0.3, 0.4) is 0 Å². The van der Waals surface area contributed by atoms with Crippen LogP contribution in [0, 0.1) is 0 Å². The second-order valence-corrected chi connectivity index (χ2v) is 7.50. The summed E-state index contributed by atoms with van der Waals surface area (Å²) in [6.07, 6.45) is 6.16. The van der Waals surface area contributed by atoms with Gasteiger partial charge in [-0.25, -0.2) is 0 Å². The van der Waals surface area contributed by atoms with E-state index < -0.39 is 0 Å². The van der Waals surface area contributed by atoms with Crippen molar-refractivity contribution in [2.24, 2.45) is 7.05 Å². The number of ether oxygens (including phenoxy) is 1. The Labute approximate surface area is 134 Å². The standard InChI is InChI=1S/C16H22N4OS/c1-3-11-8-12-15(22-11)4-7-21-16(12)5-6-17-13(9-16)14-10-20(2)19-18-14/h8,10,13,17H,3-7,9H2,1-2H3. The number of aryl methyl sites for hydroxylation is 2. The summed E-state index contributed by atoms with van der Waals surface area (Å²) in [5, 5.41) is 11.9. The Kier molecular flexibility index (Phi) is 3.55. The number of thiophene rings is 1. The topological polar surface area (TPSA) is 52.0 Å². The normalized spacial score (nSPS) is 28.0. The molecule has 2 aromatic rings. The van der Waals surface area contributed by atoms with Crippen LogP contribution in [0.15, 0.2) is 12.3 Å². The highest BCUT2D eigenvalue weighted by atomic mass is 32.1. The van der Waals surface area contributed by atoms with Crippen LogP contribution < -0.4 is 5.32 Å². The lowest BCUT2D eigenvalue weighted by Crippen LogP contribution is -2.45. The third kappa shape index (κ3) is 2.30. The fraction of sp³-hybridized carbons (Fsp3) is 0.625. The Morgan fingerprint density at radius 3 is 3.23 bits per heavy atom. The molecule has 118 valence electrons. The first kappa shape index (κ1) is 14.4. The van der Waals surface area contributed by atoms with Crippen molar-refractivity contribution in [3.05, 3.63) is 33.3 Å². The summed E-state index contributed by atoms with van der Waals surface area (Å²) in [4.78, 5) is 3.01. The maximum absolute atomic E-state index is 6.36. The molecule has 0 aromatic carbocycles. The van der Waals surface area contributed by atoms with Gasteiger partial charge in [-0.3, -0.25) is 4.68 Å². The molecule has 0 aliphatic carbocycles. The number of rotatable bonds is 2. The van der Waals surface area contributed by atoms with E-state index in [1.54, 1.807) is 4.68 Å². The third-order valence-corrected chi connectivity index (χ3v) is 6.18. The van der Waals surface area contributed by atoms with E-state index in [9.17, 15) is 0 Å². The second-order valence-electron chi connectivity index (χ2n) is 6.27. The molecule has 1 N–H and O–H groups in total. The average Bonchev–Trinajstić information content (AvgIpc) is 3.14. The minimum absolute atomic E-state index is 0.134. The predicted molar refractivity (Wildman–Crippen MR) is 86.0 cm³/mol. The van der Waals surface area contributed by atoms with Gasteiger partial charge in [0.05, 0.1) is 23.9 Å². The Bertz CT molecular complexity index is 679. The number of fused-ring (bicyclic) bond motifs is 2. The monoisotopic (exact) mass is 318 g/mol. The first-order chi connectivity index (χ1) is 10.7. The molecule has 1 fully saturated rings. The number of nitrogens with zero attached hydrogens (tertiary/aromatic N) is 3. The largest absolute Gasteiger partial charge is 0.370 e. The lowest BCUT2D eigenvalue weighted by atomic mass is 9.79. The van der Waals surface area contributed by atoms with E-state index in [4.69, 9.17) is 4.74 Å². The Morgan fingerprint density at radius 2 is 2.45 bits per heavy atom. The highest BCUT2D eigenvalue weighted by Gasteiger charge is 2.44. The van der Waals surface area contributed by atoms with Gasteiger partial charge in [-0.2, -0.15) is 0 Å². The van der Waals surface area contributed by atoms with E-state index in [0.29, 0.717) is 0 Å². The van der Waals surface area contributed by atoms with Gasteiger partial charge in [0, 0.05) is 35.8 Å². The fourth-order valence-corrected chi connectivity index (χ4v) is 4.89. The van der Waals surface area contributed by atoms with Gasteiger partial charge in [0.2, 0.25) is 0 Å². The summed E-state index contributed by atoms with van der Waals surface area (Å²) < 4.78 is 8.13. The summed E-state index contributed by atoms with van der Waals surface area (Å²) in [6.45, 7) is 4.03. The molecular formula is C16H22N4OS. The van der Waals surface area contributed by atoms with Gasteiger partial charge >= 0.3 is 0 Å². The van der Waals surface area contributed by atoms with Crippen molar-refractivity contribution in [2.75, 3.05) is 13.2 Å². The SMILES string of the molecule is CCc1cc2c(s1)CCOC21CCNC(c2cn(C)nn2)C1. The molecule has 6 heteroatoms. The quantitative estimate of drug-likeness (QED) is 0.923. The molecule has 5 nitrogen and oxygen atoms in total. The van der Waals surface area contributed by atoms with Gasteiger partial charge in [-0.15, -0.1) is 16.4 Å². The number of hydrogen-bond donors (Lipinski definition) is 1. The van der Waals surface area contributed by atoms with Crippen LogP contribution in [-0.4, -0.2) is 28.1 Å². The summed E-state index contributed by atoms with van der Waals surface area (Å²) in [5.41, 5.74) is 2.32. The van der Waals surface area contributed by atoms with Crippen LogP contribution in [0.4, 0.5) is 0 Å². The molecule has 2 aliphatic rings. The summed E-state index contributed by atoms with van der Waals surface area (Å²) in [7, 11) is 1.91. The molecule has 1 spiro atoms. The minimum Gasteiger partial charge on any atom is -0.370 e. The minimum atomic E-state index is -0.134. The lowest BCUT2D eigenvalue weighted by molar-refractivity contribution is -0.0893. The van der Waals surface area contributed by atoms with Crippen molar-refractivity contribution in [1.82, 2.24) is 20.3 Å². The molecule has 0 saturated carbocycles. The molecule has 2 aromatic heterocycles. The molecule has 0 amide bonds. The summed E-state index contributed by atoms with van der Waals surface area (Å²) in [6, 6.07) is 2.61. The van der Waals surface area contributed by atoms with E-state index in [0.717, 1.165) is 44.5 Å². The predicted octanol–water partition coefficient (Wildman–Crippen LogP) is 2.33. The van der Waals surface area contributed by atoms with Crippen molar-refractivity contribution in [3.63, 3.8) is 0 Å². The first-order valence-electron chi connectivity index (χ1n) is 8.06. The van der Waals surface area contributed by atoms with E-state index in [-0.39, 0.29) is 11.6 Å². The number of piperidine rings is 1. The molecule has 4 heterocycles. The van der Waals surface area contributed by atoms with Crippen LogP contribution in [-0.2, 0) is 30.2 Å². The summed E-state index contributed by atoms with van der Waals surface area (Å²) >= 11 is 1.97. The van der Waals surface area contributed by atoms with Crippen molar-refractivity contribution >= 4 is 11.3 Å². The van der Waals surface area contributed by atoms with E-state index >= 15 is 0 Å². The first-order valence-corrected chi connectivity index (χ1v) is 8.87. The van der Waals surface area contributed by atoms with Gasteiger partial charge in [-0.1, -0.05) is 12.1 Å². The van der Waals surface area contributed by atoms with Crippen LogP contribution in [0.25, 0.3) is 0 Å². The third-order valence-electron chi connectivity index (χ3n) is 4.84.